The SMILES string of the molecule is CCCC(=O)C(c1ccccc1)N1CCN(CCCSc2ccccc2)CC1. The van der Waals surface area contributed by atoms with E-state index in [1.54, 1.807) is 0 Å². The average Bonchev–Trinajstić information content (AvgIpc) is 2.74. The number of hydrogen-bond acceptors (Lipinski definition) is 4. The summed E-state index contributed by atoms with van der Waals surface area (Å²) in [6.45, 7) is 7.29. The largest absolute Gasteiger partial charge is 0.301 e. The smallest absolute Gasteiger partial charge is 0.154 e. The number of hydrogen-bond donors (Lipinski definition) is 0. The van der Waals surface area contributed by atoms with Gasteiger partial charge in [-0.3, -0.25) is 9.69 Å². The van der Waals surface area contributed by atoms with Crippen LogP contribution in [0.2, 0.25) is 0 Å². The number of carbonyl (C=O) groups excluding carboxylic acids is 1. The van der Waals surface area contributed by atoms with E-state index in [9.17, 15) is 4.79 Å². The molecule has 1 aliphatic heterocycles. The molecular formula is C24H32N2OS. The van der Waals surface area contributed by atoms with E-state index in [-0.39, 0.29) is 6.04 Å². The minimum Gasteiger partial charge on any atom is -0.301 e. The van der Waals surface area contributed by atoms with Gasteiger partial charge >= 0.3 is 0 Å². The van der Waals surface area contributed by atoms with Gasteiger partial charge in [-0.05, 0) is 42.8 Å². The number of ketones is 1. The van der Waals surface area contributed by atoms with Crippen LogP contribution in [0.4, 0.5) is 0 Å². The zero-order chi connectivity index (χ0) is 19.6. The van der Waals surface area contributed by atoms with Crippen molar-refractivity contribution in [1.82, 2.24) is 9.80 Å². The summed E-state index contributed by atoms with van der Waals surface area (Å²) in [5.41, 5.74) is 1.15. The Bertz CT molecular complexity index is 699. The topological polar surface area (TPSA) is 23.6 Å². The molecule has 150 valence electrons. The third-order valence-corrected chi connectivity index (χ3v) is 6.42. The Morgan fingerprint density at radius 2 is 1.61 bits per heavy atom. The molecular weight excluding hydrogens is 364 g/mol. The van der Waals surface area contributed by atoms with Crippen molar-refractivity contribution in [2.75, 3.05) is 38.5 Å². The number of thioether (sulfide) groups is 1. The van der Waals surface area contributed by atoms with E-state index >= 15 is 0 Å². The summed E-state index contributed by atoms with van der Waals surface area (Å²) >= 11 is 1.94. The molecule has 2 aromatic carbocycles. The molecule has 0 spiro atoms. The summed E-state index contributed by atoms with van der Waals surface area (Å²) in [5.74, 6) is 1.52. The highest BCUT2D eigenvalue weighted by Gasteiger charge is 2.29. The van der Waals surface area contributed by atoms with Crippen molar-refractivity contribution in [3.63, 3.8) is 0 Å². The maximum absolute atomic E-state index is 12.8. The van der Waals surface area contributed by atoms with Crippen LogP contribution in [0.5, 0.6) is 0 Å². The van der Waals surface area contributed by atoms with Crippen LogP contribution >= 0.6 is 11.8 Å². The van der Waals surface area contributed by atoms with E-state index in [2.05, 4.69) is 59.2 Å². The second-order valence-electron chi connectivity index (χ2n) is 7.42. The second kappa shape index (κ2) is 11.4. The molecule has 0 amide bonds. The minimum atomic E-state index is -0.0723. The van der Waals surface area contributed by atoms with Gasteiger partial charge in [0.1, 0.15) is 0 Å². The fourth-order valence-corrected chi connectivity index (χ4v) is 4.72. The third kappa shape index (κ3) is 6.20. The van der Waals surface area contributed by atoms with Crippen molar-refractivity contribution in [2.24, 2.45) is 0 Å². The number of rotatable bonds is 10. The molecule has 28 heavy (non-hydrogen) atoms. The van der Waals surface area contributed by atoms with Crippen LogP contribution in [0.15, 0.2) is 65.6 Å². The van der Waals surface area contributed by atoms with Gasteiger partial charge in [0, 0.05) is 37.5 Å². The lowest BCUT2D eigenvalue weighted by Crippen LogP contribution is -2.49. The Hall–Kier alpha value is -1.62. The molecule has 1 saturated heterocycles. The Labute approximate surface area is 174 Å². The number of piperazine rings is 1. The third-order valence-electron chi connectivity index (χ3n) is 5.32. The van der Waals surface area contributed by atoms with E-state index < -0.39 is 0 Å². The molecule has 0 N–H and O–H groups in total. The Balaban J connectivity index is 1.46. The summed E-state index contributed by atoms with van der Waals surface area (Å²) in [7, 11) is 0. The molecule has 1 aliphatic rings. The molecule has 3 rings (SSSR count). The van der Waals surface area contributed by atoms with Crippen molar-refractivity contribution in [3.8, 4) is 0 Å². The predicted molar refractivity (Wildman–Crippen MR) is 119 cm³/mol. The fraction of sp³-hybridized carbons (Fsp3) is 0.458. The highest BCUT2D eigenvalue weighted by atomic mass is 32.2. The zero-order valence-corrected chi connectivity index (χ0v) is 17.7. The van der Waals surface area contributed by atoms with Crippen LogP contribution < -0.4 is 0 Å². The van der Waals surface area contributed by atoms with Crippen LogP contribution in [0.25, 0.3) is 0 Å². The van der Waals surface area contributed by atoms with Gasteiger partial charge in [0.05, 0.1) is 6.04 Å². The Kier molecular flexibility index (Phi) is 8.59. The lowest BCUT2D eigenvalue weighted by atomic mass is 9.97. The molecule has 1 heterocycles. The molecule has 1 fully saturated rings. The molecule has 0 saturated carbocycles. The maximum Gasteiger partial charge on any atom is 0.154 e. The highest BCUT2D eigenvalue weighted by Crippen LogP contribution is 2.25. The van der Waals surface area contributed by atoms with E-state index in [1.807, 2.05) is 30.0 Å². The first-order valence-electron chi connectivity index (χ1n) is 10.5. The Morgan fingerprint density at radius 1 is 0.964 bits per heavy atom. The first kappa shape index (κ1) is 21.1. The van der Waals surface area contributed by atoms with E-state index in [1.165, 1.54) is 11.3 Å². The zero-order valence-electron chi connectivity index (χ0n) is 16.9. The van der Waals surface area contributed by atoms with Crippen molar-refractivity contribution >= 4 is 17.5 Å². The molecule has 2 aromatic rings. The summed E-state index contributed by atoms with van der Waals surface area (Å²) in [5, 5.41) is 0. The molecule has 1 atom stereocenters. The first-order chi connectivity index (χ1) is 13.8. The van der Waals surface area contributed by atoms with Gasteiger partial charge < -0.3 is 4.90 Å². The van der Waals surface area contributed by atoms with E-state index in [0.717, 1.165) is 50.5 Å². The van der Waals surface area contributed by atoms with Crippen LogP contribution in [0.3, 0.4) is 0 Å². The standard InChI is InChI=1S/C24H32N2OS/c1-2-10-23(27)24(21-11-5-3-6-12-21)26-18-16-25(17-19-26)15-9-20-28-22-13-7-4-8-14-22/h3-8,11-14,24H,2,9-10,15-20H2,1H3. The average molecular weight is 397 g/mol. The highest BCUT2D eigenvalue weighted by molar-refractivity contribution is 7.99. The van der Waals surface area contributed by atoms with Gasteiger partial charge in [0.25, 0.3) is 0 Å². The number of Topliss-reactive ketones (excluding diaryl/α,β-unsaturated/α-hetero) is 1. The summed E-state index contributed by atoms with van der Waals surface area (Å²) in [6, 6.07) is 20.9. The molecule has 0 aliphatic carbocycles. The van der Waals surface area contributed by atoms with Crippen molar-refractivity contribution in [2.45, 2.75) is 37.1 Å². The monoisotopic (exact) mass is 396 g/mol. The molecule has 4 heteroatoms. The molecule has 3 nitrogen and oxygen atoms in total. The van der Waals surface area contributed by atoms with Gasteiger partial charge in [-0.2, -0.15) is 0 Å². The summed E-state index contributed by atoms with van der Waals surface area (Å²) < 4.78 is 0. The summed E-state index contributed by atoms with van der Waals surface area (Å²) in [6.07, 6.45) is 2.79. The quantitative estimate of drug-likeness (QED) is 0.421. The van der Waals surface area contributed by atoms with Crippen molar-refractivity contribution in [3.05, 3.63) is 66.2 Å². The van der Waals surface area contributed by atoms with Gasteiger partial charge in [-0.1, -0.05) is 55.5 Å². The van der Waals surface area contributed by atoms with E-state index in [4.69, 9.17) is 0 Å². The molecule has 0 aromatic heterocycles. The van der Waals surface area contributed by atoms with Crippen LogP contribution in [-0.2, 0) is 4.79 Å². The van der Waals surface area contributed by atoms with E-state index in [0.29, 0.717) is 12.2 Å². The number of nitrogens with zero attached hydrogens (tertiary/aromatic N) is 2. The first-order valence-corrected chi connectivity index (χ1v) is 11.5. The fourth-order valence-electron chi connectivity index (χ4n) is 3.86. The Morgan fingerprint density at radius 3 is 2.25 bits per heavy atom. The van der Waals surface area contributed by atoms with Crippen LogP contribution in [0.1, 0.15) is 37.8 Å². The van der Waals surface area contributed by atoms with Gasteiger partial charge in [-0.15, -0.1) is 11.8 Å². The van der Waals surface area contributed by atoms with Crippen LogP contribution in [0, 0.1) is 0 Å². The van der Waals surface area contributed by atoms with Crippen molar-refractivity contribution in [1.29, 1.82) is 0 Å². The number of benzene rings is 2. The normalized spacial score (nSPS) is 16.8. The number of carbonyl (C=O) groups is 1. The molecule has 0 radical (unpaired) electrons. The van der Waals surface area contributed by atoms with Crippen molar-refractivity contribution < 1.29 is 4.79 Å². The van der Waals surface area contributed by atoms with Crippen LogP contribution in [-0.4, -0.2) is 54.1 Å². The lowest BCUT2D eigenvalue weighted by Gasteiger charge is -2.39. The predicted octanol–water partition coefficient (Wildman–Crippen LogP) is 4.90. The molecule has 1 unspecified atom stereocenters. The van der Waals surface area contributed by atoms with Gasteiger partial charge in [-0.25, -0.2) is 0 Å². The second-order valence-corrected chi connectivity index (χ2v) is 8.59. The van der Waals surface area contributed by atoms with Gasteiger partial charge in [0.15, 0.2) is 5.78 Å². The van der Waals surface area contributed by atoms with Gasteiger partial charge in [0.2, 0.25) is 0 Å². The molecule has 0 bridgehead atoms. The summed E-state index contributed by atoms with van der Waals surface area (Å²) in [4.78, 5) is 19.1. The lowest BCUT2D eigenvalue weighted by molar-refractivity contribution is -0.125. The maximum atomic E-state index is 12.8. The minimum absolute atomic E-state index is 0.0723.